The molecule has 1 amide bonds. The number of primary amides is 1. The van der Waals surface area contributed by atoms with E-state index in [9.17, 15) is 4.79 Å². The van der Waals surface area contributed by atoms with E-state index in [4.69, 9.17) is 20.9 Å². The standard InChI is InChI=1S/C12H24N2O3/c1-16-7-3-8-17-9-5-10-4-2-6-12(10,14)11(13)15/h10H,2-9,14H2,1H3,(H2,13,15). The lowest BCUT2D eigenvalue weighted by atomic mass is 9.85. The molecule has 1 rings (SSSR count). The topological polar surface area (TPSA) is 87.6 Å². The molecule has 2 unspecified atom stereocenters. The molecule has 17 heavy (non-hydrogen) atoms. The fourth-order valence-corrected chi connectivity index (χ4v) is 2.46. The van der Waals surface area contributed by atoms with Crippen LogP contribution in [0.15, 0.2) is 0 Å². The van der Waals surface area contributed by atoms with Gasteiger partial charge in [0.05, 0.1) is 5.54 Å². The van der Waals surface area contributed by atoms with E-state index in [-0.39, 0.29) is 11.8 Å². The van der Waals surface area contributed by atoms with Crippen molar-refractivity contribution in [1.29, 1.82) is 0 Å². The first-order valence-electron chi connectivity index (χ1n) is 6.26. The zero-order valence-corrected chi connectivity index (χ0v) is 10.6. The maximum absolute atomic E-state index is 11.3. The fourth-order valence-electron chi connectivity index (χ4n) is 2.46. The Labute approximate surface area is 103 Å². The van der Waals surface area contributed by atoms with Crippen LogP contribution in [0.3, 0.4) is 0 Å². The van der Waals surface area contributed by atoms with Gasteiger partial charge in [0.25, 0.3) is 0 Å². The Morgan fingerprint density at radius 3 is 2.82 bits per heavy atom. The van der Waals surface area contributed by atoms with Crippen molar-refractivity contribution in [3.05, 3.63) is 0 Å². The van der Waals surface area contributed by atoms with Crippen LogP contribution in [0.2, 0.25) is 0 Å². The number of nitrogens with two attached hydrogens (primary N) is 2. The van der Waals surface area contributed by atoms with E-state index in [1.54, 1.807) is 7.11 Å². The molecule has 4 N–H and O–H groups in total. The Morgan fingerprint density at radius 2 is 2.18 bits per heavy atom. The molecule has 0 heterocycles. The van der Waals surface area contributed by atoms with Crippen LogP contribution < -0.4 is 11.5 Å². The van der Waals surface area contributed by atoms with Gasteiger partial charge in [-0.05, 0) is 31.6 Å². The molecule has 0 saturated heterocycles. The lowest BCUT2D eigenvalue weighted by Gasteiger charge is -2.27. The van der Waals surface area contributed by atoms with Crippen LogP contribution in [0.25, 0.3) is 0 Å². The van der Waals surface area contributed by atoms with Crippen molar-refractivity contribution in [2.75, 3.05) is 26.9 Å². The summed E-state index contributed by atoms with van der Waals surface area (Å²) in [5, 5.41) is 0. The average molecular weight is 244 g/mol. The van der Waals surface area contributed by atoms with Crippen LogP contribution in [-0.4, -0.2) is 38.4 Å². The van der Waals surface area contributed by atoms with Gasteiger partial charge in [-0.2, -0.15) is 0 Å². The number of methoxy groups -OCH3 is 1. The maximum Gasteiger partial charge on any atom is 0.237 e. The molecule has 1 aliphatic rings. The summed E-state index contributed by atoms with van der Waals surface area (Å²) >= 11 is 0. The van der Waals surface area contributed by atoms with Gasteiger partial charge in [0, 0.05) is 26.9 Å². The molecular weight excluding hydrogens is 220 g/mol. The molecule has 5 heteroatoms. The van der Waals surface area contributed by atoms with E-state index in [1.165, 1.54) is 0 Å². The molecule has 0 aromatic rings. The molecule has 1 aliphatic carbocycles. The van der Waals surface area contributed by atoms with Gasteiger partial charge < -0.3 is 20.9 Å². The monoisotopic (exact) mass is 244 g/mol. The zero-order valence-electron chi connectivity index (χ0n) is 10.6. The highest BCUT2D eigenvalue weighted by Gasteiger charge is 2.43. The summed E-state index contributed by atoms with van der Waals surface area (Å²) in [6.45, 7) is 2.04. The van der Waals surface area contributed by atoms with Crippen LogP contribution in [-0.2, 0) is 14.3 Å². The molecule has 0 aromatic heterocycles. The minimum atomic E-state index is -0.810. The first kappa shape index (κ1) is 14.4. The molecule has 1 saturated carbocycles. The maximum atomic E-state index is 11.3. The molecule has 0 aromatic carbocycles. The predicted octanol–water partition coefficient (Wildman–Crippen LogP) is 0.413. The van der Waals surface area contributed by atoms with E-state index in [0.29, 0.717) is 26.2 Å². The van der Waals surface area contributed by atoms with Crippen LogP contribution >= 0.6 is 0 Å². The summed E-state index contributed by atoms with van der Waals surface area (Å²) in [6, 6.07) is 0. The second kappa shape index (κ2) is 6.93. The van der Waals surface area contributed by atoms with Gasteiger partial charge in [0.2, 0.25) is 5.91 Å². The third kappa shape index (κ3) is 3.94. The highest BCUT2D eigenvalue weighted by Crippen LogP contribution is 2.35. The molecule has 0 bridgehead atoms. The van der Waals surface area contributed by atoms with Crippen molar-refractivity contribution < 1.29 is 14.3 Å². The lowest BCUT2D eigenvalue weighted by Crippen LogP contribution is -2.54. The van der Waals surface area contributed by atoms with Crippen molar-refractivity contribution in [3.63, 3.8) is 0 Å². The minimum absolute atomic E-state index is 0.169. The Kier molecular flexibility index (Phi) is 5.88. The first-order chi connectivity index (χ1) is 8.11. The predicted molar refractivity (Wildman–Crippen MR) is 65.4 cm³/mol. The van der Waals surface area contributed by atoms with E-state index < -0.39 is 5.54 Å². The van der Waals surface area contributed by atoms with Crippen LogP contribution in [0.5, 0.6) is 0 Å². The molecule has 1 fully saturated rings. The number of carbonyl (C=O) groups excluding carboxylic acids is 1. The van der Waals surface area contributed by atoms with E-state index in [1.807, 2.05) is 0 Å². The van der Waals surface area contributed by atoms with Crippen LogP contribution in [0.4, 0.5) is 0 Å². The molecule has 2 atom stereocenters. The van der Waals surface area contributed by atoms with Crippen LogP contribution in [0.1, 0.15) is 32.1 Å². The number of rotatable bonds is 8. The second-order valence-electron chi connectivity index (χ2n) is 4.74. The molecular formula is C12H24N2O3. The number of ether oxygens (including phenoxy) is 2. The summed E-state index contributed by atoms with van der Waals surface area (Å²) in [7, 11) is 1.67. The number of amides is 1. The van der Waals surface area contributed by atoms with E-state index in [0.717, 1.165) is 25.7 Å². The van der Waals surface area contributed by atoms with Crippen molar-refractivity contribution in [1.82, 2.24) is 0 Å². The average Bonchev–Trinajstić information content (AvgIpc) is 2.67. The van der Waals surface area contributed by atoms with Crippen molar-refractivity contribution in [2.45, 2.75) is 37.6 Å². The molecule has 5 nitrogen and oxygen atoms in total. The number of hydrogen-bond donors (Lipinski definition) is 2. The third-order valence-electron chi connectivity index (χ3n) is 3.58. The lowest BCUT2D eigenvalue weighted by molar-refractivity contribution is -0.124. The minimum Gasteiger partial charge on any atom is -0.385 e. The molecule has 0 radical (unpaired) electrons. The van der Waals surface area contributed by atoms with Gasteiger partial charge in [0.1, 0.15) is 0 Å². The normalized spacial score (nSPS) is 28.5. The first-order valence-corrected chi connectivity index (χ1v) is 6.26. The zero-order chi connectivity index (χ0) is 12.7. The van der Waals surface area contributed by atoms with Crippen LogP contribution in [0, 0.1) is 5.92 Å². The van der Waals surface area contributed by atoms with Gasteiger partial charge in [-0.3, -0.25) is 4.79 Å². The Bertz CT molecular complexity index is 248. The van der Waals surface area contributed by atoms with Crippen molar-refractivity contribution >= 4 is 5.91 Å². The van der Waals surface area contributed by atoms with E-state index in [2.05, 4.69) is 0 Å². The highest BCUT2D eigenvalue weighted by atomic mass is 16.5. The van der Waals surface area contributed by atoms with Gasteiger partial charge in [-0.25, -0.2) is 0 Å². The summed E-state index contributed by atoms with van der Waals surface area (Å²) in [4.78, 5) is 11.3. The Morgan fingerprint density at radius 1 is 1.41 bits per heavy atom. The number of hydrogen-bond acceptors (Lipinski definition) is 4. The quantitative estimate of drug-likeness (QED) is 0.605. The van der Waals surface area contributed by atoms with Gasteiger partial charge in [-0.15, -0.1) is 0 Å². The van der Waals surface area contributed by atoms with E-state index >= 15 is 0 Å². The summed E-state index contributed by atoms with van der Waals surface area (Å²) in [6.07, 6.45) is 4.36. The molecule has 100 valence electrons. The van der Waals surface area contributed by atoms with Crippen molar-refractivity contribution in [3.8, 4) is 0 Å². The molecule has 0 aliphatic heterocycles. The van der Waals surface area contributed by atoms with Gasteiger partial charge in [-0.1, -0.05) is 6.42 Å². The second-order valence-corrected chi connectivity index (χ2v) is 4.74. The number of carbonyl (C=O) groups is 1. The molecule has 0 spiro atoms. The Hall–Kier alpha value is -0.650. The third-order valence-corrected chi connectivity index (χ3v) is 3.58. The highest BCUT2D eigenvalue weighted by molar-refractivity contribution is 5.85. The van der Waals surface area contributed by atoms with Gasteiger partial charge in [0.15, 0.2) is 0 Å². The fraction of sp³-hybridized carbons (Fsp3) is 0.917. The summed E-state index contributed by atoms with van der Waals surface area (Å²) in [5.74, 6) is -0.207. The smallest absolute Gasteiger partial charge is 0.237 e. The summed E-state index contributed by atoms with van der Waals surface area (Å²) < 4.78 is 10.4. The summed E-state index contributed by atoms with van der Waals surface area (Å²) in [5.41, 5.74) is 10.6. The van der Waals surface area contributed by atoms with Gasteiger partial charge >= 0.3 is 0 Å². The SMILES string of the molecule is COCCCOCCC1CCCC1(N)C(N)=O. The van der Waals surface area contributed by atoms with Crippen molar-refractivity contribution in [2.24, 2.45) is 17.4 Å². The Balaban J connectivity index is 2.20. The largest absolute Gasteiger partial charge is 0.385 e.